The number of hydrogen-bond donors (Lipinski definition) is 1. The molecule has 7 rings (SSSR count). The summed E-state index contributed by atoms with van der Waals surface area (Å²) >= 11 is 0. The van der Waals surface area contributed by atoms with Crippen LogP contribution in [0.15, 0.2) is 137 Å². The summed E-state index contributed by atoms with van der Waals surface area (Å²) in [6.07, 6.45) is 25.3. The number of fused-ring (bicyclic) bond motifs is 3. The fraction of sp³-hybridized carbons (Fsp3) is 0.175. The Hall–Kier alpha value is -5.09. The van der Waals surface area contributed by atoms with Gasteiger partial charge in [0.1, 0.15) is 5.84 Å². The maximum Gasteiger partial charge on any atom is 0.157 e. The van der Waals surface area contributed by atoms with Gasteiger partial charge in [0.25, 0.3) is 0 Å². The Morgan fingerprint density at radius 2 is 1.68 bits per heavy atom. The molecular weight excluding hydrogens is 536 g/mol. The van der Waals surface area contributed by atoms with Gasteiger partial charge in [-0.25, -0.2) is 4.99 Å². The van der Waals surface area contributed by atoms with Crippen LogP contribution in [0, 0.1) is 11.8 Å². The van der Waals surface area contributed by atoms with Crippen LogP contribution in [0.4, 0.5) is 0 Å². The lowest BCUT2D eigenvalue weighted by Crippen LogP contribution is -2.20. The van der Waals surface area contributed by atoms with Gasteiger partial charge in [-0.1, -0.05) is 115 Å². The normalized spacial score (nSPS) is 20.2. The van der Waals surface area contributed by atoms with Gasteiger partial charge in [0, 0.05) is 34.2 Å². The van der Waals surface area contributed by atoms with Crippen molar-refractivity contribution in [2.24, 2.45) is 27.6 Å². The van der Waals surface area contributed by atoms with Crippen molar-refractivity contribution in [2.75, 3.05) is 0 Å². The van der Waals surface area contributed by atoms with Gasteiger partial charge in [0.2, 0.25) is 0 Å². The van der Waals surface area contributed by atoms with Crippen LogP contribution in [0.5, 0.6) is 0 Å². The Kier molecular flexibility index (Phi) is 7.72. The van der Waals surface area contributed by atoms with E-state index < -0.39 is 0 Å². The second-order valence-corrected chi connectivity index (χ2v) is 11.7. The molecule has 1 aromatic heterocycles. The number of aromatic nitrogens is 1. The Morgan fingerprint density at radius 1 is 0.864 bits per heavy atom. The SMILES string of the molecule is CC(N=C(N=C(N)c1ccc2c(c1)C=CCC=C2)c1ccc(-c2cccc3cccnc23)cc1)C1=CC2CCC=CC2C=C1. The molecule has 0 radical (unpaired) electrons. The molecule has 0 bridgehead atoms. The molecule has 1 heterocycles. The van der Waals surface area contributed by atoms with E-state index in [-0.39, 0.29) is 6.04 Å². The summed E-state index contributed by atoms with van der Waals surface area (Å²) in [5, 5.41) is 1.12. The highest BCUT2D eigenvalue weighted by Crippen LogP contribution is 2.33. The number of hydrogen-bond acceptors (Lipinski definition) is 2. The Bertz CT molecular complexity index is 1910. The van der Waals surface area contributed by atoms with Gasteiger partial charge in [-0.3, -0.25) is 9.98 Å². The molecule has 2 N–H and O–H groups in total. The number of amidine groups is 2. The van der Waals surface area contributed by atoms with Crippen LogP contribution in [0.1, 0.15) is 48.4 Å². The number of aliphatic imine (C=N–C) groups is 2. The van der Waals surface area contributed by atoms with Gasteiger partial charge >= 0.3 is 0 Å². The third-order valence-corrected chi connectivity index (χ3v) is 8.80. The monoisotopic (exact) mass is 572 g/mol. The summed E-state index contributed by atoms with van der Waals surface area (Å²) in [5.74, 6) is 2.10. The van der Waals surface area contributed by atoms with Crippen molar-refractivity contribution in [3.05, 3.63) is 149 Å². The highest BCUT2D eigenvalue weighted by molar-refractivity contribution is 6.11. The second-order valence-electron chi connectivity index (χ2n) is 11.7. The average Bonchev–Trinajstić information content (AvgIpc) is 3.32. The first kappa shape index (κ1) is 27.7. The molecule has 0 spiro atoms. The maximum absolute atomic E-state index is 6.71. The summed E-state index contributed by atoms with van der Waals surface area (Å²) in [4.78, 5) is 14.8. The summed E-state index contributed by atoms with van der Waals surface area (Å²) in [5.41, 5.74) is 15.3. The molecule has 3 aromatic carbocycles. The second kappa shape index (κ2) is 12.3. The van der Waals surface area contributed by atoms with E-state index in [1.807, 2.05) is 18.3 Å². The average molecular weight is 573 g/mol. The number of benzene rings is 3. The molecule has 216 valence electrons. The Balaban J connectivity index is 1.26. The molecule has 0 aliphatic heterocycles. The van der Waals surface area contributed by atoms with Crippen molar-refractivity contribution in [3.8, 4) is 11.1 Å². The van der Waals surface area contributed by atoms with Crippen molar-refractivity contribution >= 4 is 34.7 Å². The molecule has 3 atom stereocenters. The van der Waals surface area contributed by atoms with Gasteiger partial charge in [0.15, 0.2) is 5.84 Å². The topological polar surface area (TPSA) is 63.6 Å². The van der Waals surface area contributed by atoms with E-state index >= 15 is 0 Å². The van der Waals surface area contributed by atoms with E-state index in [1.165, 1.54) is 17.6 Å². The van der Waals surface area contributed by atoms with Crippen molar-refractivity contribution in [1.29, 1.82) is 0 Å². The van der Waals surface area contributed by atoms with Gasteiger partial charge in [0.05, 0.1) is 11.6 Å². The van der Waals surface area contributed by atoms with Gasteiger partial charge < -0.3 is 5.73 Å². The first-order valence-electron chi connectivity index (χ1n) is 15.5. The summed E-state index contributed by atoms with van der Waals surface area (Å²) < 4.78 is 0. The summed E-state index contributed by atoms with van der Waals surface area (Å²) in [6, 6.07) is 25.0. The van der Waals surface area contributed by atoms with E-state index in [4.69, 9.17) is 15.7 Å². The molecule has 4 heteroatoms. The fourth-order valence-electron chi connectivity index (χ4n) is 6.32. The lowest BCUT2D eigenvalue weighted by Gasteiger charge is -2.27. The van der Waals surface area contributed by atoms with E-state index in [1.54, 1.807) is 0 Å². The smallest absolute Gasteiger partial charge is 0.157 e. The predicted molar refractivity (Wildman–Crippen MR) is 186 cm³/mol. The lowest BCUT2D eigenvalue weighted by atomic mass is 9.78. The minimum absolute atomic E-state index is 0.0632. The van der Waals surface area contributed by atoms with E-state index in [0.717, 1.165) is 51.6 Å². The quantitative estimate of drug-likeness (QED) is 0.147. The minimum Gasteiger partial charge on any atom is -0.383 e. The zero-order chi connectivity index (χ0) is 29.9. The van der Waals surface area contributed by atoms with Crippen LogP contribution in [0.25, 0.3) is 34.2 Å². The highest BCUT2D eigenvalue weighted by Gasteiger charge is 2.23. The molecular formula is C40H36N4. The molecule has 3 aliphatic rings. The van der Waals surface area contributed by atoms with Crippen LogP contribution in [0.2, 0.25) is 0 Å². The van der Waals surface area contributed by atoms with Crippen LogP contribution in [0.3, 0.4) is 0 Å². The number of nitrogens with two attached hydrogens (primary N) is 1. The summed E-state index contributed by atoms with van der Waals surface area (Å²) in [6.45, 7) is 2.15. The molecule has 44 heavy (non-hydrogen) atoms. The lowest BCUT2D eigenvalue weighted by molar-refractivity contribution is 0.486. The van der Waals surface area contributed by atoms with Crippen LogP contribution in [-0.2, 0) is 0 Å². The van der Waals surface area contributed by atoms with Gasteiger partial charge in [-0.2, -0.15) is 0 Å². The molecule has 0 saturated carbocycles. The first-order valence-corrected chi connectivity index (χ1v) is 15.5. The predicted octanol–water partition coefficient (Wildman–Crippen LogP) is 8.95. The van der Waals surface area contributed by atoms with Crippen molar-refractivity contribution in [2.45, 2.75) is 32.2 Å². The number of allylic oxidation sites excluding steroid dienone is 6. The van der Waals surface area contributed by atoms with Crippen LogP contribution < -0.4 is 5.73 Å². The molecule has 3 aliphatic carbocycles. The van der Waals surface area contributed by atoms with E-state index in [9.17, 15) is 0 Å². The Labute approximate surface area is 259 Å². The maximum atomic E-state index is 6.71. The zero-order valence-electron chi connectivity index (χ0n) is 25.0. The molecule has 0 fully saturated rings. The summed E-state index contributed by atoms with van der Waals surface area (Å²) in [7, 11) is 0. The molecule has 3 unspecified atom stereocenters. The highest BCUT2D eigenvalue weighted by atomic mass is 15.0. The van der Waals surface area contributed by atoms with Gasteiger partial charge in [-0.15, -0.1) is 0 Å². The van der Waals surface area contributed by atoms with Gasteiger partial charge in [-0.05, 0) is 66.5 Å². The molecule has 4 aromatic rings. The van der Waals surface area contributed by atoms with E-state index in [0.29, 0.717) is 23.5 Å². The number of pyridine rings is 1. The van der Waals surface area contributed by atoms with Crippen molar-refractivity contribution < 1.29 is 0 Å². The fourth-order valence-corrected chi connectivity index (χ4v) is 6.32. The number of para-hydroxylation sites is 1. The minimum atomic E-state index is -0.0632. The molecule has 0 amide bonds. The number of rotatable bonds is 5. The first-order chi connectivity index (χ1) is 21.6. The van der Waals surface area contributed by atoms with Crippen molar-refractivity contribution in [1.82, 2.24) is 4.98 Å². The van der Waals surface area contributed by atoms with Crippen LogP contribution in [-0.4, -0.2) is 22.7 Å². The molecule has 4 nitrogen and oxygen atoms in total. The standard InChI is InChI=1S/C40H36N4/c1-27(33-22-16-29-10-5-6-12-34(29)25-33)43-40(44-39(41)36-23-17-28-9-3-2-4-11-35(28)26-36)32-20-18-30(19-21-32)37-15-7-13-31-14-8-24-42-38(31)37/h3-5,7-11,13-27,29,34H,2,6,12H2,1H3,(H2,41,43,44). The third-order valence-electron chi connectivity index (χ3n) is 8.80. The molecule has 0 saturated heterocycles. The zero-order valence-corrected chi connectivity index (χ0v) is 25.0. The number of nitrogens with zero attached hydrogens (tertiary/aromatic N) is 3. The third kappa shape index (κ3) is 5.76. The van der Waals surface area contributed by atoms with E-state index in [2.05, 4.69) is 127 Å². The van der Waals surface area contributed by atoms with Crippen molar-refractivity contribution in [3.63, 3.8) is 0 Å². The van der Waals surface area contributed by atoms with Crippen LogP contribution >= 0.6 is 0 Å². The Morgan fingerprint density at radius 3 is 2.57 bits per heavy atom. The largest absolute Gasteiger partial charge is 0.383 e.